The molecule has 0 radical (unpaired) electrons. The highest BCUT2D eigenvalue weighted by Gasteiger charge is 2.33. The molecule has 1 aliphatic heterocycles. The molecule has 0 bridgehead atoms. The second-order valence-corrected chi connectivity index (χ2v) is 2.93. The summed E-state index contributed by atoms with van der Waals surface area (Å²) < 4.78 is 0. The minimum absolute atomic E-state index is 0.0962. The molecule has 0 aromatic rings. The molecule has 4 nitrogen and oxygen atoms in total. The molecular formula is C7H11NO3. The Morgan fingerprint density at radius 1 is 1.73 bits per heavy atom. The first-order valence-corrected chi connectivity index (χ1v) is 3.53. The molecule has 11 heavy (non-hydrogen) atoms. The maximum absolute atomic E-state index is 10.5. The number of carboxylic acids is 1. The molecule has 0 spiro atoms. The Morgan fingerprint density at radius 2 is 2.36 bits per heavy atom. The first-order chi connectivity index (χ1) is 5.15. The van der Waals surface area contributed by atoms with Crippen molar-refractivity contribution in [1.29, 1.82) is 0 Å². The third kappa shape index (κ3) is 1.57. The van der Waals surface area contributed by atoms with Crippen LogP contribution >= 0.6 is 0 Å². The van der Waals surface area contributed by atoms with Gasteiger partial charge < -0.3 is 9.90 Å². The first kappa shape index (κ1) is 8.20. The lowest BCUT2D eigenvalue weighted by Gasteiger charge is -2.13. The number of aliphatic carboxylic acids is 1. The van der Waals surface area contributed by atoms with Crippen LogP contribution in [0.4, 0.5) is 0 Å². The number of carbonyl (C=O) groups is 2. The largest absolute Gasteiger partial charge is 0.480 e. The van der Waals surface area contributed by atoms with Gasteiger partial charge in [0.1, 0.15) is 12.3 Å². The maximum Gasteiger partial charge on any atom is 0.320 e. The zero-order valence-corrected chi connectivity index (χ0v) is 6.36. The Labute approximate surface area is 64.8 Å². The van der Waals surface area contributed by atoms with Crippen LogP contribution in [-0.2, 0) is 9.59 Å². The lowest BCUT2D eigenvalue weighted by molar-refractivity contribution is -0.141. The predicted molar refractivity (Wildman–Crippen MR) is 38.2 cm³/mol. The molecule has 1 rings (SSSR count). The number of hydrogen-bond donors (Lipinski definition) is 1. The number of rotatable bonds is 2. The minimum Gasteiger partial charge on any atom is -0.480 e. The van der Waals surface area contributed by atoms with Gasteiger partial charge in [-0.05, 0) is 13.5 Å². The van der Waals surface area contributed by atoms with E-state index in [4.69, 9.17) is 5.11 Å². The standard InChI is InChI=1S/C7H11NO3/c1-8-3-5(4-9)2-6(8)7(10)11/h4-6H,2-3H2,1H3,(H,10,11). The number of nitrogens with zero attached hydrogens (tertiary/aromatic N) is 1. The SMILES string of the molecule is CN1CC(C=O)CC1C(=O)O. The van der Waals surface area contributed by atoms with E-state index in [9.17, 15) is 9.59 Å². The third-order valence-corrected chi connectivity index (χ3v) is 2.06. The van der Waals surface area contributed by atoms with E-state index in [0.717, 1.165) is 6.29 Å². The van der Waals surface area contributed by atoms with E-state index in [-0.39, 0.29) is 5.92 Å². The predicted octanol–water partition coefficient (Wildman–Crippen LogP) is -0.410. The van der Waals surface area contributed by atoms with Crippen LogP contribution in [0.1, 0.15) is 6.42 Å². The number of carbonyl (C=O) groups excluding carboxylic acids is 1. The molecule has 0 aromatic heterocycles. The van der Waals surface area contributed by atoms with E-state index in [1.807, 2.05) is 0 Å². The van der Waals surface area contributed by atoms with Crippen LogP contribution in [0.2, 0.25) is 0 Å². The molecule has 1 aliphatic rings. The van der Waals surface area contributed by atoms with Crippen molar-refractivity contribution in [3.8, 4) is 0 Å². The molecule has 4 heteroatoms. The van der Waals surface area contributed by atoms with Crippen LogP contribution in [0.15, 0.2) is 0 Å². The van der Waals surface area contributed by atoms with E-state index in [0.29, 0.717) is 13.0 Å². The molecule has 1 heterocycles. The molecule has 0 aromatic carbocycles. The second kappa shape index (κ2) is 3.00. The number of aldehydes is 1. The summed E-state index contributed by atoms with van der Waals surface area (Å²) in [5.74, 6) is -0.932. The summed E-state index contributed by atoms with van der Waals surface area (Å²) in [4.78, 5) is 22.5. The van der Waals surface area contributed by atoms with Crippen molar-refractivity contribution >= 4 is 12.3 Å². The Morgan fingerprint density at radius 3 is 2.64 bits per heavy atom. The maximum atomic E-state index is 10.5. The van der Waals surface area contributed by atoms with Crippen molar-refractivity contribution in [3.05, 3.63) is 0 Å². The second-order valence-electron chi connectivity index (χ2n) is 2.93. The summed E-state index contributed by atoms with van der Waals surface area (Å²) in [7, 11) is 1.72. The summed E-state index contributed by atoms with van der Waals surface area (Å²) in [6.45, 7) is 0.570. The molecule has 1 N–H and O–H groups in total. The Kier molecular flexibility index (Phi) is 2.24. The van der Waals surface area contributed by atoms with Gasteiger partial charge in [0, 0.05) is 12.5 Å². The van der Waals surface area contributed by atoms with Gasteiger partial charge in [0.15, 0.2) is 0 Å². The molecule has 1 saturated heterocycles. The van der Waals surface area contributed by atoms with Crippen molar-refractivity contribution in [2.45, 2.75) is 12.5 Å². The fourth-order valence-corrected chi connectivity index (χ4v) is 1.43. The van der Waals surface area contributed by atoms with E-state index in [1.54, 1.807) is 11.9 Å². The molecule has 1 fully saturated rings. The van der Waals surface area contributed by atoms with Gasteiger partial charge in [-0.3, -0.25) is 9.69 Å². The minimum atomic E-state index is -0.836. The van der Waals surface area contributed by atoms with Crippen LogP contribution in [0, 0.1) is 5.92 Å². The monoisotopic (exact) mass is 157 g/mol. The number of likely N-dealkylation sites (tertiary alicyclic amines) is 1. The summed E-state index contributed by atoms with van der Waals surface area (Å²) in [5, 5.41) is 8.64. The van der Waals surface area contributed by atoms with E-state index in [1.165, 1.54) is 0 Å². The highest BCUT2D eigenvalue weighted by molar-refractivity contribution is 5.75. The van der Waals surface area contributed by atoms with E-state index < -0.39 is 12.0 Å². The quantitative estimate of drug-likeness (QED) is 0.553. The normalized spacial score (nSPS) is 32.1. The van der Waals surface area contributed by atoms with E-state index in [2.05, 4.69) is 0 Å². The van der Waals surface area contributed by atoms with Gasteiger partial charge in [0.2, 0.25) is 0 Å². The van der Waals surface area contributed by atoms with Gasteiger partial charge in [-0.25, -0.2) is 0 Å². The van der Waals surface area contributed by atoms with Crippen molar-refractivity contribution in [2.24, 2.45) is 5.92 Å². The molecule has 0 saturated carbocycles. The summed E-state index contributed by atoms with van der Waals surface area (Å²) in [5.41, 5.74) is 0. The zero-order valence-electron chi connectivity index (χ0n) is 6.36. The number of carboxylic acid groups (broad SMARTS) is 1. The van der Waals surface area contributed by atoms with Gasteiger partial charge in [0.05, 0.1) is 0 Å². The molecular weight excluding hydrogens is 146 g/mol. The fraction of sp³-hybridized carbons (Fsp3) is 0.714. The van der Waals surface area contributed by atoms with Gasteiger partial charge in [-0.2, -0.15) is 0 Å². The lowest BCUT2D eigenvalue weighted by atomic mass is 10.1. The topological polar surface area (TPSA) is 57.6 Å². The lowest BCUT2D eigenvalue weighted by Crippen LogP contribution is -2.32. The van der Waals surface area contributed by atoms with Crippen LogP contribution < -0.4 is 0 Å². The van der Waals surface area contributed by atoms with Crippen molar-refractivity contribution in [1.82, 2.24) is 4.90 Å². The third-order valence-electron chi connectivity index (χ3n) is 2.06. The highest BCUT2D eigenvalue weighted by Crippen LogP contribution is 2.19. The van der Waals surface area contributed by atoms with Crippen molar-refractivity contribution in [2.75, 3.05) is 13.6 Å². The van der Waals surface area contributed by atoms with Gasteiger partial charge in [-0.1, -0.05) is 0 Å². The molecule has 2 unspecified atom stereocenters. The smallest absolute Gasteiger partial charge is 0.320 e. The van der Waals surface area contributed by atoms with Gasteiger partial charge in [0.25, 0.3) is 0 Å². The first-order valence-electron chi connectivity index (χ1n) is 3.53. The molecule has 62 valence electrons. The van der Waals surface area contributed by atoms with Crippen molar-refractivity contribution < 1.29 is 14.7 Å². The van der Waals surface area contributed by atoms with Gasteiger partial charge in [-0.15, -0.1) is 0 Å². The average molecular weight is 157 g/mol. The number of likely N-dealkylation sites (N-methyl/N-ethyl adjacent to an activating group) is 1. The van der Waals surface area contributed by atoms with Crippen LogP contribution in [0.3, 0.4) is 0 Å². The number of hydrogen-bond acceptors (Lipinski definition) is 3. The zero-order chi connectivity index (χ0) is 8.43. The average Bonchev–Trinajstić information content (AvgIpc) is 2.30. The van der Waals surface area contributed by atoms with Gasteiger partial charge >= 0.3 is 5.97 Å². The van der Waals surface area contributed by atoms with Crippen LogP contribution in [0.25, 0.3) is 0 Å². The van der Waals surface area contributed by atoms with Crippen molar-refractivity contribution in [3.63, 3.8) is 0 Å². The Hall–Kier alpha value is -0.900. The summed E-state index contributed by atoms with van der Waals surface area (Å²) in [6, 6.07) is -0.467. The highest BCUT2D eigenvalue weighted by atomic mass is 16.4. The molecule has 0 aliphatic carbocycles. The fourth-order valence-electron chi connectivity index (χ4n) is 1.43. The summed E-state index contributed by atoms with van der Waals surface area (Å²) >= 11 is 0. The molecule has 0 amide bonds. The van der Waals surface area contributed by atoms with Crippen LogP contribution in [-0.4, -0.2) is 41.9 Å². The van der Waals surface area contributed by atoms with Crippen LogP contribution in [0.5, 0.6) is 0 Å². The molecule has 2 atom stereocenters. The summed E-state index contributed by atoms with van der Waals surface area (Å²) in [6.07, 6.45) is 1.29. The Bertz CT molecular complexity index is 181. The Balaban J connectivity index is 2.58. The van der Waals surface area contributed by atoms with E-state index >= 15 is 0 Å².